The van der Waals surface area contributed by atoms with Gasteiger partial charge in [-0.3, -0.25) is 10.1 Å². The quantitative estimate of drug-likeness (QED) is 0.557. The number of nitriles is 1. The van der Waals surface area contributed by atoms with Crippen LogP contribution in [-0.2, 0) is 4.74 Å². The van der Waals surface area contributed by atoms with E-state index in [1.807, 2.05) is 6.07 Å². The molecule has 0 aliphatic heterocycles. The molecule has 0 fully saturated rings. The highest BCUT2D eigenvalue weighted by Crippen LogP contribution is 2.29. The number of aromatic nitrogens is 2. The zero-order chi connectivity index (χ0) is 19.4. The van der Waals surface area contributed by atoms with Crippen LogP contribution in [0.15, 0.2) is 23.7 Å². The number of thiazole rings is 1. The van der Waals surface area contributed by atoms with Gasteiger partial charge in [0.15, 0.2) is 11.2 Å². The van der Waals surface area contributed by atoms with E-state index in [9.17, 15) is 14.7 Å². The third-order valence-electron chi connectivity index (χ3n) is 3.32. The highest BCUT2D eigenvalue weighted by atomic mass is 32.1. The number of pyridine rings is 1. The van der Waals surface area contributed by atoms with Crippen LogP contribution in [0.1, 0.15) is 34.1 Å². The van der Waals surface area contributed by atoms with E-state index in [4.69, 9.17) is 10.00 Å². The Morgan fingerprint density at radius 1 is 1.48 bits per heavy atom. The number of amides is 2. The number of aliphatic hydroxyl groups is 1. The lowest BCUT2D eigenvalue weighted by molar-refractivity contribution is 0.102. The molecule has 3 heterocycles. The number of aliphatic hydroxyl groups excluding tert-OH is 1. The molecular formula is C16H13N5O4S2. The van der Waals surface area contributed by atoms with E-state index in [0.29, 0.717) is 26.5 Å². The number of hydrogen-bond acceptors (Lipinski definition) is 9. The minimum atomic E-state index is -1.33. The molecule has 3 aromatic rings. The van der Waals surface area contributed by atoms with Gasteiger partial charge in [-0.1, -0.05) is 11.3 Å². The molecule has 0 aliphatic rings. The maximum absolute atomic E-state index is 12.5. The topological polar surface area (TPSA) is 137 Å². The number of fused-ring (bicyclic) bond motifs is 1. The second kappa shape index (κ2) is 8.09. The normalized spacial score (nSPS) is 11.6. The molecule has 0 saturated heterocycles. The van der Waals surface area contributed by atoms with Gasteiger partial charge in [0.05, 0.1) is 12.2 Å². The molecule has 0 spiro atoms. The largest absolute Gasteiger partial charge is 0.450 e. The van der Waals surface area contributed by atoms with Crippen molar-refractivity contribution in [2.24, 2.45) is 0 Å². The first-order valence-electron chi connectivity index (χ1n) is 7.68. The van der Waals surface area contributed by atoms with Crippen LogP contribution in [0.2, 0.25) is 0 Å². The Kier molecular flexibility index (Phi) is 5.60. The Labute approximate surface area is 161 Å². The molecule has 11 heteroatoms. The summed E-state index contributed by atoms with van der Waals surface area (Å²) in [7, 11) is 0. The van der Waals surface area contributed by atoms with Crippen molar-refractivity contribution in [3.8, 4) is 6.07 Å². The number of alkyl carbamates (subject to hydrolysis) is 1. The monoisotopic (exact) mass is 403 g/mol. The first-order valence-corrected chi connectivity index (χ1v) is 9.38. The van der Waals surface area contributed by atoms with Gasteiger partial charge in [-0.25, -0.2) is 14.8 Å². The van der Waals surface area contributed by atoms with E-state index in [1.165, 1.54) is 17.5 Å². The molecule has 9 nitrogen and oxygen atoms in total. The number of carbonyl (C=O) groups is 2. The maximum Gasteiger partial charge on any atom is 0.409 e. The molecule has 2 amide bonds. The average Bonchev–Trinajstić information content (AvgIpc) is 3.27. The van der Waals surface area contributed by atoms with Gasteiger partial charge in [0, 0.05) is 11.8 Å². The molecular weight excluding hydrogens is 390 g/mol. The van der Waals surface area contributed by atoms with Crippen molar-refractivity contribution in [3.63, 3.8) is 0 Å². The van der Waals surface area contributed by atoms with Crippen molar-refractivity contribution in [1.29, 1.82) is 5.26 Å². The maximum atomic E-state index is 12.5. The second-order valence-electron chi connectivity index (χ2n) is 5.11. The Bertz CT molecular complexity index is 1040. The number of nitrogens with one attached hydrogen (secondary N) is 2. The van der Waals surface area contributed by atoms with Crippen LogP contribution >= 0.6 is 22.7 Å². The smallest absolute Gasteiger partial charge is 0.409 e. The predicted molar refractivity (Wildman–Crippen MR) is 99.5 cm³/mol. The fraction of sp³-hybridized carbons (Fsp3) is 0.188. The molecule has 3 N–H and O–H groups in total. The van der Waals surface area contributed by atoms with Crippen LogP contribution in [0.25, 0.3) is 10.3 Å². The van der Waals surface area contributed by atoms with Gasteiger partial charge >= 0.3 is 6.09 Å². The highest BCUT2D eigenvalue weighted by molar-refractivity contribution is 7.20. The van der Waals surface area contributed by atoms with Gasteiger partial charge in [0.2, 0.25) is 0 Å². The summed E-state index contributed by atoms with van der Waals surface area (Å²) in [6, 6.07) is 5.10. The summed E-state index contributed by atoms with van der Waals surface area (Å²) >= 11 is 2.28. The second-order valence-corrected chi connectivity index (χ2v) is 7.00. The van der Waals surface area contributed by atoms with Gasteiger partial charge in [-0.05, 0) is 24.4 Å². The minimum Gasteiger partial charge on any atom is -0.450 e. The van der Waals surface area contributed by atoms with Crippen LogP contribution < -0.4 is 10.6 Å². The number of thiophene rings is 1. The third-order valence-corrected chi connectivity index (χ3v) is 5.14. The van der Waals surface area contributed by atoms with E-state index in [0.717, 1.165) is 11.3 Å². The molecule has 138 valence electrons. The van der Waals surface area contributed by atoms with E-state index in [2.05, 4.69) is 20.6 Å². The first kappa shape index (κ1) is 18.7. The lowest BCUT2D eigenvalue weighted by Gasteiger charge is -2.13. The van der Waals surface area contributed by atoms with Crippen molar-refractivity contribution >= 4 is 50.0 Å². The van der Waals surface area contributed by atoms with Crippen LogP contribution in [0.5, 0.6) is 0 Å². The fourth-order valence-corrected chi connectivity index (χ4v) is 3.74. The molecule has 1 atom stereocenters. The van der Waals surface area contributed by atoms with E-state index in [-0.39, 0.29) is 11.6 Å². The number of anilines is 1. The zero-order valence-corrected chi connectivity index (χ0v) is 15.6. The van der Waals surface area contributed by atoms with Crippen molar-refractivity contribution in [2.75, 3.05) is 11.9 Å². The van der Waals surface area contributed by atoms with Crippen molar-refractivity contribution in [2.45, 2.75) is 13.2 Å². The molecule has 0 saturated carbocycles. The number of carbonyl (C=O) groups excluding carboxylic acids is 2. The summed E-state index contributed by atoms with van der Waals surface area (Å²) < 4.78 is 4.72. The van der Waals surface area contributed by atoms with E-state index < -0.39 is 18.2 Å². The van der Waals surface area contributed by atoms with Crippen molar-refractivity contribution < 1.29 is 19.4 Å². The average molecular weight is 403 g/mol. The third kappa shape index (κ3) is 4.20. The number of hydrogen-bond donors (Lipinski definition) is 3. The predicted octanol–water partition coefficient (Wildman–Crippen LogP) is 2.61. The van der Waals surface area contributed by atoms with Crippen molar-refractivity contribution in [3.05, 3.63) is 39.8 Å². The van der Waals surface area contributed by atoms with Crippen LogP contribution in [0.3, 0.4) is 0 Å². The van der Waals surface area contributed by atoms with Crippen LogP contribution in [0, 0.1) is 11.3 Å². The molecule has 0 radical (unpaired) electrons. The van der Waals surface area contributed by atoms with Gasteiger partial charge in [-0.15, -0.1) is 11.3 Å². The lowest BCUT2D eigenvalue weighted by Crippen LogP contribution is -2.29. The van der Waals surface area contributed by atoms with Gasteiger partial charge in [0.1, 0.15) is 21.4 Å². The Morgan fingerprint density at radius 3 is 3.04 bits per heavy atom. The lowest BCUT2D eigenvalue weighted by atomic mass is 10.3. The van der Waals surface area contributed by atoms with Gasteiger partial charge < -0.3 is 15.2 Å². The van der Waals surface area contributed by atoms with Gasteiger partial charge in [0.25, 0.3) is 5.91 Å². The molecule has 0 bridgehead atoms. The highest BCUT2D eigenvalue weighted by Gasteiger charge is 2.20. The van der Waals surface area contributed by atoms with Crippen molar-refractivity contribution in [1.82, 2.24) is 15.3 Å². The van der Waals surface area contributed by atoms with E-state index >= 15 is 0 Å². The molecule has 3 rings (SSSR count). The molecule has 0 aromatic carbocycles. The fourth-order valence-electron chi connectivity index (χ4n) is 2.14. The summed E-state index contributed by atoms with van der Waals surface area (Å²) in [5.41, 5.74) is 1.14. The number of ether oxygens (including phenoxy) is 1. The number of rotatable bonds is 5. The molecule has 0 aliphatic carbocycles. The summed E-state index contributed by atoms with van der Waals surface area (Å²) in [4.78, 5) is 32.8. The number of nitrogens with zero attached hydrogens (tertiary/aromatic N) is 3. The van der Waals surface area contributed by atoms with Crippen LogP contribution in [0.4, 0.5) is 9.80 Å². The zero-order valence-electron chi connectivity index (χ0n) is 13.9. The summed E-state index contributed by atoms with van der Waals surface area (Å²) in [6.45, 7) is 1.82. The SMILES string of the molecule is CCOC(=O)NC(O)c1ccsc1NC(=O)c1nc2cc(C#N)cnc2s1. The van der Waals surface area contributed by atoms with Crippen LogP contribution in [-0.4, -0.2) is 33.7 Å². The molecule has 3 aromatic heterocycles. The molecule has 27 heavy (non-hydrogen) atoms. The Morgan fingerprint density at radius 2 is 2.30 bits per heavy atom. The molecule has 1 unspecified atom stereocenters. The summed E-state index contributed by atoms with van der Waals surface area (Å²) in [5.74, 6) is -0.483. The standard InChI is InChI=1S/C16H13N5O4S2/c1-2-25-16(24)21-11(22)9-3-4-26-13(9)20-12(23)15-19-10-5-8(6-17)7-18-14(10)27-15/h3-5,7,11,22H,2H2,1H3,(H,20,23)(H,21,24). The Balaban J connectivity index is 1.76. The minimum absolute atomic E-state index is 0.166. The van der Waals surface area contributed by atoms with E-state index in [1.54, 1.807) is 24.4 Å². The van der Waals surface area contributed by atoms with Gasteiger partial charge in [-0.2, -0.15) is 5.26 Å². The summed E-state index contributed by atoms with van der Waals surface area (Å²) in [6.07, 6.45) is -0.684. The Hall–Kier alpha value is -3.07. The summed E-state index contributed by atoms with van der Waals surface area (Å²) in [5, 5.41) is 26.2. The first-order chi connectivity index (χ1) is 13.0.